The van der Waals surface area contributed by atoms with Gasteiger partial charge in [0.1, 0.15) is 5.82 Å². The van der Waals surface area contributed by atoms with Gasteiger partial charge in [-0.3, -0.25) is 19.8 Å². The summed E-state index contributed by atoms with van der Waals surface area (Å²) in [7, 11) is 0. The van der Waals surface area contributed by atoms with Crippen LogP contribution in [0.5, 0.6) is 0 Å². The van der Waals surface area contributed by atoms with Gasteiger partial charge in [0.15, 0.2) is 0 Å². The van der Waals surface area contributed by atoms with Crippen LogP contribution in [0.4, 0.5) is 5.82 Å². The van der Waals surface area contributed by atoms with Crippen LogP contribution in [0.15, 0.2) is 53.7 Å². The second-order valence-corrected chi connectivity index (χ2v) is 6.63. The fourth-order valence-corrected chi connectivity index (χ4v) is 2.63. The summed E-state index contributed by atoms with van der Waals surface area (Å²) >= 11 is 6.24. The van der Waals surface area contributed by atoms with E-state index >= 15 is 0 Å². The number of hydrogen-bond donors (Lipinski definition) is 1. The molecule has 0 bridgehead atoms. The summed E-state index contributed by atoms with van der Waals surface area (Å²) in [5, 5.41) is 2.77. The molecule has 1 aliphatic heterocycles. The van der Waals surface area contributed by atoms with Crippen LogP contribution in [0.3, 0.4) is 0 Å². The van der Waals surface area contributed by atoms with Crippen LogP contribution in [-0.4, -0.2) is 31.9 Å². The molecule has 1 amide bonds. The van der Waals surface area contributed by atoms with Crippen LogP contribution in [-0.2, 0) is 4.79 Å². The van der Waals surface area contributed by atoms with E-state index in [-0.39, 0.29) is 12.3 Å². The standard InChI is InChI=1S/C17H16ClN5O/c1-17(18)7-12(8-20-11-17)6-16(24)23-15-3-2-13(9-22-15)14-10-19-4-5-21-14/h2-5,8-11H,6-7H2,1H3,(H,22,23,24). The molecule has 1 unspecified atom stereocenters. The van der Waals surface area contributed by atoms with E-state index in [0.29, 0.717) is 12.2 Å². The Morgan fingerprint density at radius 1 is 1.29 bits per heavy atom. The number of carbonyl (C=O) groups is 1. The highest BCUT2D eigenvalue weighted by Gasteiger charge is 2.23. The lowest BCUT2D eigenvalue weighted by molar-refractivity contribution is -0.115. The van der Waals surface area contributed by atoms with E-state index in [1.807, 2.05) is 13.0 Å². The SMILES string of the molecule is CC1(Cl)C=NC=C(CC(=O)Nc2ccc(-c3cnccn3)cn2)C1. The van der Waals surface area contributed by atoms with Gasteiger partial charge in [0.05, 0.1) is 16.8 Å². The first kappa shape index (κ1) is 16.3. The molecule has 2 aromatic heterocycles. The maximum atomic E-state index is 12.1. The minimum absolute atomic E-state index is 0.148. The van der Waals surface area contributed by atoms with Crippen LogP contribution in [0.25, 0.3) is 11.3 Å². The number of rotatable bonds is 4. The zero-order valence-electron chi connectivity index (χ0n) is 13.1. The van der Waals surface area contributed by atoms with Crippen LogP contribution in [0.1, 0.15) is 19.8 Å². The molecule has 3 rings (SSSR count). The average Bonchev–Trinajstić information content (AvgIpc) is 2.55. The number of anilines is 1. The molecule has 7 heteroatoms. The van der Waals surface area contributed by atoms with Gasteiger partial charge in [-0.15, -0.1) is 11.6 Å². The summed E-state index contributed by atoms with van der Waals surface area (Å²) < 4.78 is 0. The number of pyridine rings is 1. The zero-order valence-corrected chi connectivity index (χ0v) is 13.9. The summed E-state index contributed by atoms with van der Waals surface area (Å²) in [5.74, 6) is 0.340. The fraction of sp³-hybridized carbons (Fsp3) is 0.235. The molecule has 0 saturated carbocycles. The number of nitrogens with zero attached hydrogens (tertiary/aromatic N) is 4. The molecule has 2 aromatic rings. The molecule has 24 heavy (non-hydrogen) atoms. The highest BCUT2D eigenvalue weighted by Crippen LogP contribution is 2.27. The Kier molecular flexibility index (Phi) is 4.66. The van der Waals surface area contributed by atoms with Crippen LogP contribution >= 0.6 is 11.6 Å². The molecule has 1 N–H and O–H groups in total. The van der Waals surface area contributed by atoms with Crippen molar-refractivity contribution in [2.45, 2.75) is 24.6 Å². The van der Waals surface area contributed by atoms with Crippen molar-refractivity contribution in [3.63, 3.8) is 0 Å². The van der Waals surface area contributed by atoms with Crippen molar-refractivity contribution in [3.05, 3.63) is 48.7 Å². The van der Waals surface area contributed by atoms with Crippen molar-refractivity contribution in [3.8, 4) is 11.3 Å². The van der Waals surface area contributed by atoms with E-state index < -0.39 is 4.87 Å². The van der Waals surface area contributed by atoms with Gasteiger partial charge in [-0.2, -0.15) is 0 Å². The highest BCUT2D eigenvalue weighted by atomic mass is 35.5. The first-order chi connectivity index (χ1) is 11.5. The minimum Gasteiger partial charge on any atom is -0.310 e. The molecular formula is C17H16ClN5O. The van der Waals surface area contributed by atoms with Crippen molar-refractivity contribution < 1.29 is 4.79 Å². The van der Waals surface area contributed by atoms with E-state index in [0.717, 1.165) is 16.8 Å². The molecule has 0 spiro atoms. The lowest BCUT2D eigenvalue weighted by atomic mass is 9.97. The van der Waals surface area contributed by atoms with Crippen LogP contribution in [0, 0.1) is 0 Å². The van der Waals surface area contributed by atoms with Crippen molar-refractivity contribution in [2.24, 2.45) is 4.99 Å². The largest absolute Gasteiger partial charge is 0.310 e. The predicted molar refractivity (Wildman–Crippen MR) is 94.0 cm³/mol. The second kappa shape index (κ2) is 6.88. The monoisotopic (exact) mass is 341 g/mol. The zero-order chi connectivity index (χ0) is 17.0. The molecular weight excluding hydrogens is 326 g/mol. The van der Waals surface area contributed by atoms with Gasteiger partial charge in [0, 0.05) is 43.0 Å². The van der Waals surface area contributed by atoms with Gasteiger partial charge in [-0.25, -0.2) is 4.98 Å². The average molecular weight is 342 g/mol. The van der Waals surface area contributed by atoms with E-state index in [9.17, 15) is 4.79 Å². The first-order valence-electron chi connectivity index (χ1n) is 7.45. The van der Waals surface area contributed by atoms with E-state index in [1.165, 1.54) is 0 Å². The Hall–Kier alpha value is -2.60. The molecule has 0 aromatic carbocycles. The third-order valence-electron chi connectivity index (χ3n) is 3.45. The summed E-state index contributed by atoms with van der Waals surface area (Å²) in [6, 6.07) is 3.58. The van der Waals surface area contributed by atoms with Crippen LogP contribution < -0.4 is 5.32 Å². The Morgan fingerprint density at radius 2 is 2.17 bits per heavy atom. The van der Waals surface area contributed by atoms with Crippen LogP contribution in [0.2, 0.25) is 0 Å². The summed E-state index contributed by atoms with van der Waals surface area (Å²) in [4.78, 5) is 28.2. The molecule has 1 aliphatic rings. The quantitative estimate of drug-likeness (QED) is 0.866. The fourth-order valence-electron chi connectivity index (χ4n) is 2.40. The minimum atomic E-state index is -0.527. The van der Waals surface area contributed by atoms with Gasteiger partial charge < -0.3 is 5.32 Å². The third kappa shape index (κ3) is 4.23. The van der Waals surface area contributed by atoms with Gasteiger partial charge in [0.2, 0.25) is 5.91 Å². The van der Waals surface area contributed by atoms with Crippen molar-refractivity contribution in [1.82, 2.24) is 15.0 Å². The number of aromatic nitrogens is 3. The van der Waals surface area contributed by atoms with E-state index in [4.69, 9.17) is 11.6 Å². The van der Waals surface area contributed by atoms with Gasteiger partial charge in [0.25, 0.3) is 0 Å². The maximum absolute atomic E-state index is 12.1. The summed E-state index contributed by atoms with van der Waals surface area (Å²) in [6.45, 7) is 1.87. The van der Waals surface area contributed by atoms with Gasteiger partial charge >= 0.3 is 0 Å². The van der Waals surface area contributed by atoms with E-state index in [1.54, 1.807) is 43.3 Å². The molecule has 3 heterocycles. The Balaban J connectivity index is 1.61. The number of hydrogen-bond acceptors (Lipinski definition) is 5. The van der Waals surface area contributed by atoms with Gasteiger partial charge in [-0.05, 0) is 31.1 Å². The van der Waals surface area contributed by atoms with E-state index in [2.05, 4.69) is 25.3 Å². The summed E-state index contributed by atoms with van der Waals surface area (Å²) in [6.07, 6.45) is 10.8. The Bertz CT molecular complexity index is 784. The molecule has 0 fully saturated rings. The lowest BCUT2D eigenvalue weighted by Gasteiger charge is -2.21. The van der Waals surface area contributed by atoms with Crippen molar-refractivity contribution in [1.29, 1.82) is 0 Å². The molecule has 6 nitrogen and oxygen atoms in total. The number of amides is 1. The number of alkyl halides is 1. The maximum Gasteiger partial charge on any atom is 0.229 e. The number of halogens is 1. The molecule has 1 atom stereocenters. The Labute approximate surface area is 144 Å². The molecule has 0 saturated heterocycles. The number of nitrogens with one attached hydrogen (secondary N) is 1. The van der Waals surface area contributed by atoms with Crippen molar-refractivity contribution in [2.75, 3.05) is 5.32 Å². The van der Waals surface area contributed by atoms with Gasteiger partial charge in [-0.1, -0.05) is 0 Å². The number of aliphatic imine (C=N–C) groups is 1. The normalized spacial score (nSPS) is 19.7. The molecule has 0 radical (unpaired) electrons. The molecule has 122 valence electrons. The summed E-state index contributed by atoms with van der Waals surface area (Å²) in [5.41, 5.74) is 2.46. The second-order valence-electron chi connectivity index (χ2n) is 5.77. The lowest BCUT2D eigenvalue weighted by Crippen LogP contribution is -2.23. The topological polar surface area (TPSA) is 80.1 Å². The Morgan fingerprint density at radius 3 is 2.83 bits per heavy atom. The number of carbonyl (C=O) groups excluding carboxylic acids is 1. The van der Waals surface area contributed by atoms with Crippen molar-refractivity contribution >= 4 is 29.5 Å². The first-order valence-corrected chi connectivity index (χ1v) is 7.83. The third-order valence-corrected chi connectivity index (χ3v) is 3.68. The molecule has 0 aliphatic carbocycles. The predicted octanol–water partition coefficient (Wildman–Crippen LogP) is 3.22. The smallest absolute Gasteiger partial charge is 0.229 e. The highest BCUT2D eigenvalue weighted by molar-refractivity contribution is 6.32.